The molecule has 1 heterocycles. The summed E-state index contributed by atoms with van der Waals surface area (Å²) < 4.78 is 3.56. The molecule has 0 aliphatic rings. The molecule has 4 heteroatoms. The van der Waals surface area contributed by atoms with E-state index < -0.39 is 0 Å². The highest BCUT2D eigenvalue weighted by Gasteiger charge is 2.26. The van der Waals surface area contributed by atoms with Crippen molar-refractivity contribution < 1.29 is 4.57 Å². The number of aryl methyl sites for hydroxylation is 1. The van der Waals surface area contributed by atoms with Crippen LogP contribution in [0.3, 0.4) is 0 Å². The van der Waals surface area contributed by atoms with E-state index in [2.05, 4.69) is 103 Å². The molecule has 0 aliphatic heterocycles. The molecule has 6 aromatic rings. The van der Waals surface area contributed by atoms with Crippen molar-refractivity contribution in [3.8, 4) is 44.0 Å². The lowest BCUT2D eigenvalue weighted by Crippen LogP contribution is -2.28. The zero-order valence-electron chi connectivity index (χ0n) is 19.6. The number of aromatic nitrogens is 1. The second-order valence-electron chi connectivity index (χ2n) is 8.76. The van der Waals surface area contributed by atoms with Crippen LogP contribution in [0, 0.1) is 0 Å². The number of thiazole rings is 1. The molecule has 1 nitrogen and oxygen atoms in total. The van der Waals surface area contributed by atoms with E-state index in [0.29, 0.717) is 0 Å². The number of para-hydroxylation sites is 1. The van der Waals surface area contributed by atoms with Gasteiger partial charge in [-0.1, -0.05) is 101 Å². The summed E-state index contributed by atoms with van der Waals surface area (Å²) >= 11 is 14.4. The van der Waals surface area contributed by atoms with Crippen molar-refractivity contribution in [2.75, 3.05) is 0 Å². The van der Waals surface area contributed by atoms with Gasteiger partial charge in [-0.15, -0.1) is 0 Å². The highest BCUT2D eigenvalue weighted by molar-refractivity contribution is 7.21. The summed E-state index contributed by atoms with van der Waals surface area (Å²) in [6.07, 6.45) is 0. The van der Waals surface area contributed by atoms with Gasteiger partial charge < -0.3 is 0 Å². The van der Waals surface area contributed by atoms with Gasteiger partial charge in [0.15, 0.2) is 0 Å². The number of nitrogens with zero attached hydrogens (tertiary/aromatic N) is 1. The first kappa shape index (κ1) is 23.0. The van der Waals surface area contributed by atoms with E-state index in [1.807, 2.05) is 35.6 Å². The lowest BCUT2D eigenvalue weighted by Gasteiger charge is -2.16. The van der Waals surface area contributed by atoms with E-state index in [1.54, 1.807) is 0 Å². The standard InChI is InChI=1S/C32H22Cl2NS/c1-35-29-9-5-6-10-30(29)36-32(35)31-27(22-11-15-25(33)16-12-22)19-24(21-7-3-2-4-8-21)20-28(31)23-13-17-26(34)18-14-23/h2-20H,1H3/q+1. The van der Waals surface area contributed by atoms with Crippen LogP contribution in [0.1, 0.15) is 0 Å². The first-order valence-corrected chi connectivity index (χ1v) is 13.3. The highest BCUT2D eigenvalue weighted by atomic mass is 35.5. The third-order valence-corrected chi connectivity index (χ3v) is 8.25. The molecule has 36 heavy (non-hydrogen) atoms. The van der Waals surface area contributed by atoms with E-state index in [-0.39, 0.29) is 0 Å². The molecule has 0 atom stereocenters. The SMILES string of the molecule is C[n+]1c(-c2c(-c3ccc(Cl)cc3)cc(-c3ccccc3)cc2-c2ccc(Cl)cc2)sc2ccccc21. The molecule has 1 aromatic heterocycles. The van der Waals surface area contributed by atoms with Crippen LogP contribution in [0.5, 0.6) is 0 Å². The molecule has 0 spiro atoms. The van der Waals surface area contributed by atoms with Gasteiger partial charge in [0.2, 0.25) is 5.52 Å². The Hall–Kier alpha value is -3.43. The van der Waals surface area contributed by atoms with Crippen LogP contribution < -0.4 is 4.57 Å². The van der Waals surface area contributed by atoms with Crippen molar-refractivity contribution in [2.24, 2.45) is 7.05 Å². The topological polar surface area (TPSA) is 3.88 Å². The molecule has 0 bridgehead atoms. The molecule has 0 aliphatic carbocycles. The van der Waals surface area contributed by atoms with Gasteiger partial charge in [0, 0.05) is 16.1 Å². The van der Waals surface area contributed by atoms with E-state index >= 15 is 0 Å². The van der Waals surface area contributed by atoms with E-state index in [4.69, 9.17) is 23.2 Å². The molecule has 0 N–H and O–H groups in total. The quantitative estimate of drug-likeness (QED) is 0.203. The second-order valence-corrected chi connectivity index (χ2v) is 10.7. The van der Waals surface area contributed by atoms with Gasteiger partial charge in [-0.2, -0.15) is 4.57 Å². The van der Waals surface area contributed by atoms with Crippen molar-refractivity contribution in [3.63, 3.8) is 0 Å². The predicted octanol–water partition coefficient (Wildman–Crippen LogP) is 9.70. The van der Waals surface area contributed by atoms with Gasteiger partial charge in [-0.05, 0) is 75.8 Å². The Labute approximate surface area is 224 Å². The Bertz CT molecular complexity index is 1620. The van der Waals surface area contributed by atoms with E-state index in [1.165, 1.54) is 37.5 Å². The minimum Gasteiger partial charge on any atom is -0.184 e. The maximum Gasteiger partial charge on any atom is 0.271 e. The normalized spacial score (nSPS) is 11.2. The molecule has 0 unspecified atom stereocenters. The summed E-state index contributed by atoms with van der Waals surface area (Å²) in [5.41, 5.74) is 9.34. The van der Waals surface area contributed by atoms with Crippen molar-refractivity contribution in [3.05, 3.63) is 125 Å². The minimum atomic E-state index is 0.727. The Morgan fingerprint density at radius 1 is 0.556 bits per heavy atom. The highest BCUT2D eigenvalue weighted by Crippen LogP contribution is 2.45. The average molecular weight is 524 g/mol. The van der Waals surface area contributed by atoms with Crippen LogP contribution >= 0.6 is 34.5 Å². The number of benzene rings is 5. The summed E-state index contributed by atoms with van der Waals surface area (Å²) in [5.74, 6) is 0. The van der Waals surface area contributed by atoms with Crippen molar-refractivity contribution >= 4 is 44.8 Å². The minimum absolute atomic E-state index is 0.727. The lowest BCUT2D eigenvalue weighted by atomic mass is 9.88. The van der Waals surface area contributed by atoms with Crippen molar-refractivity contribution in [1.82, 2.24) is 0 Å². The van der Waals surface area contributed by atoms with Gasteiger partial charge in [0.25, 0.3) is 5.01 Å². The fourth-order valence-corrected chi connectivity index (χ4v) is 6.18. The summed E-state index contributed by atoms with van der Waals surface area (Å²) in [5, 5.41) is 2.65. The third-order valence-electron chi connectivity index (χ3n) is 6.51. The maximum atomic E-state index is 6.29. The average Bonchev–Trinajstić information content (AvgIpc) is 3.25. The number of fused-ring (bicyclic) bond motifs is 1. The molecule has 0 amide bonds. The van der Waals surface area contributed by atoms with Crippen LogP contribution in [0.2, 0.25) is 10.0 Å². The molecule has 5 aromatic carbocycles. The summed E-state index contributed by atoms with van der Waals surface area (Å²) in [6.45, 7) is 0. The Balaban J connectivity index is 1.74. The summed E-state index contributed by atoms with van der Waals surface area (Å²) in [4.78, 5) is 0. The first-order valence-electron chi connectivity index (χ1n) is 11.7. The van der Waals surface area contributed by atoms with Crippen LogP contribution in [0.4, 0.5) is 0 Å². The van der Waals surface area contributed by atoms with Crippen LogP contribution in [0.25, 0.3) is 54.2 Å². The number of hydrogen-bond donors (Lipinski definition) is 0. The Morgan fingerprint density at radius 3 is 1.64 bits per heavy atom. The molecule has 6 rings (SSSR count). The van der Waals surface area contributed by atoms with E-state index in [0.717, 1.165) is 26.7 Å². The molecular weight excluding hydrogens is 501 g/mol. The fourth-order valence-electron chi connectivity index (χ4n) is 4.71. The number of hydrogen-bond acceptors (Lipinski definition) is 1. The molecule has 174 valence electrons. The Morgan fingerprint density at radius 2 is 1.08 bits per heavy atom. The number of rotatable bonds is 4. The second kappa shape index (κ2) is 9.55. The smallest absolute Gasteiger partial charge is 0.184 e. The van der Waals surface area contributed by atoms with Crippen LogP contribution in [-0.2, 0) is 7.05 Å². The Kier molecular flexibility index (Phi) is 6.10. The van der Waals surface area contributed by atoms with E-state index in [9.17, 15) is 0 Å². The zero-order valence-corrected chi connectivity index (χ0v) is 21.9. The first-order chi connectivity index (χ1) is 17.6. The predicted molar refractivity (Wildman–Crippen MR) is 155 cm³/mol. The lowest BCUT2D eigenvalue weighted by molar-refractivity contribution is -0.629. The van der Waals surface area contributed by atoms with Gasteiger partial charge in [-0.25, -0.2) is 0 Å². The van der Waals surface area contributed by atoms with Gasteiger partial charge in [0.1, 0.15) is 11.7 Å². The van der Waals surface area contributed by atoms with Crippen LogP contribution in [0.15, 0.2) is 115 Å². The fraction of sp³-hybridized carbons (Fsp3) is 0.0312. The molecule has 0 saturated heterocycles. The van der Waals surface area contributed by atoms with Crippen molar-refractivity contribution in [2.45, 2.75) is 0 Å². The molecule has 0 saturated carbocycles. The monoisotopic (exact) mass is 522 g/mol. The van der Waals surface area contributed by atoms with Gasteiger partial charge in [-0.3, -0.25) is 0 Å². The van der Waals surface area contributed by atoms with Crippen LogP contribution in [-0.4, -0.2) is 0 Å². The third kappa shape index (κ3) is 4.22. The zero-order chi connectivity index (χ0) is 24.6. The maximum absolute atomic E-state index is 6.29. The van der Waals surface area contributed by atoms with Gasteiger partial charge in [0.05, 0.1) is 5.56 Å². The molecule has 0 radical (unpaired) electrons. The van der Waals surface area contributed by atoms with Gasteiger partial charge >= 0.3 is 0 Å². The summed E-state index contributed by atoms with van der Waals surface area (Å²) in [6, 6.07) is 40.0. The molecular formula is C32H22Cl2NS+. The van der Waals surface area contributed by atoms with Crippen molar-refractivity contribution in [1.29, 1.82) is 0 Å². The number of halogens is 2. The largest absolute Gasteiger partial charge is 0.271 e. The summed E-state index contributed by atoms with van der Waals surface area (Å²) in [7, 11) is 2.15. The molecule has 0 fully saturated rings.